The SMILES string of the molecule is CO[C@@H]1O[C@@]2(C[C@H]2O)C2OC(C)(C)O[C@@H]21. The van der Waals surface area contributed by atoms with Gasteiger partial charge in [-0.1, -0.05) is 0 Å². The van der Waals surface area contributed by atoms with E-state index in [0.717, 1.165) is 0 Å². The zero-order valence-electron chi connectivity index (χ0n) is 9.10. The van der Waals surface area contributed by atoms with Crippen LogP contribution < -0.4 is 0 Å². The largest absolute Gasteiger partial charge is 0.390 e. The van der Waals surface area contributed by atoms with E-state index in [2.05, 4.69) is 0 Å². The molecule has 0 amide bonds. The normalized spacial score (nSPS) is 56.0. The molecule has 3 fully saturated rings. The van der Waals surface area contributed by atoms with Crippen LogP contribution in [0.2, 0.25) is 0 Å². The first kappa shape index (κ1) is 9.99. The van der Waals surface area contributed by atoms with Crippen molar-refractivity contribution < 1.29 is 24.1 Å². The Morgan fingerprint density at radius 3 is 2.47 bits per heavy atom. The van der Waals surface area contributed by atoms with E-state index in [4.69, 9.17) is 18.9 Å². The quantitative estimate of drug-likeness (QED) is 0.669. The molecular formula is C10H16O5. The van der Waals surface area contributed by atoms with Gasteiger partial charge in [0, 0.05) is 13.5 Å². The molecule has 2 heterocycles. The summed E-state index contributed by atoms with van der Waals surface area (Å²) in [6.07, 6.45) is -0.737. The molecule has 5 heteroatoms. The van der Waals surface area contributed by atoms with Gasteiger partial charge in [0.05, 0.1) is 6.10 Å². The third-order valence-corrected chi connectivity index (χ3v) is 3.36. The van der Waals surface area contributed by atoms with Crippen LogP contribution in [0.15, 0.2) is 0 Å². The number of hydrogen-bond donors (Lipinski definition) is 1. The second-order valence-corrected chi connectivity index (χ2v) is 4.92. The van der Waals surface area contributed by atoms with E-state index in [-0.39, 0.29) is 12.2 Å². The molecule has 15 heavy (non-hydrogen) atoms. The maximum Gasteiger partial charge on any atom is 0.187 e. The second kappa shape index (κ2) is 2.73. The van der Waals surface area contributed by atoms with Gasteiger partial charge in [0.2, 0.25) is 0 Å². The maximum absolute atomic E-state index is 9.63. The summed E-state index contributed by atoms with van der Waals surface area (Å²) < 4.78 is 22.3. The van der Waals surface area contributed by atoms with E-state index in [1.807, 2.05) is 13.8 Å². The summed E-state index contributed by atoms with van der Waals surface area (Å²) in [5.41, 5.74) is -0.584. The van der Waals surface area contributed by atoms with Crippen molar-refractivity contribution in [2.24, 2.45) is 0 Å². The Morgan fingerprint density at radius 1 is 1.27 bits per heavy atom. The average molecular weight is 216 g/mol. The van der Waals surface area contributed by atoms with Gasteiger partial charge in [-0.3, -0.25) is 0 Å². The van der Waals surface area contributed by atoms with Gasteiger partial charge < -0.3 is 24.1 Å². The van der Waals surface area contributed by atoms with Gasteiger partial charge in [-0.15, -0.1) is 0 Å². The van der Waals surface area contributed by atoms with Crippen molar-refractivity contribution in [2.45, 2.75) is 56.3 Å². The highest BCUT2D eigenvalue weighted by Crippen LogP contribution is 2.56. The topological polar surface area (TPSA) is 57.2 Å². The molecule has 3 aliphatic rings. The smallest absolute Gasteiger partial charge is 0.187 e. The van der Waals surface area contributed by atoms with Gasteiger partial charge >= 0.3 is 0 Å². The van der Waals surface area contributed by atoms with E-state index in [9.17, 15) is 5.11 Å². The van der Waals surface area contributed by atoms with Gasteiger partial charge in [0.1, 0.15) is 17.8 Å². The molecule has 0 aromatic rings. The number of fused-ring (bicyclic) bond motifs is 2. The number of methoxy groups -OCH3 is 1. The van der Waals surface area contributed by atoms with Crippen molar-refractivity contribution in [1.82, 2.24) is 0 Å². The Bertz CT molecular complexity index is 292. The second-order valence-electron chi connectivity index (χ2n) is 4.92. The van der Waals surface area contributed by atoms with Crippen LogP contribution in [-0.2, 0) is 18.9 Å². The summed E-state index contributed by atoms with van der Waals surface area (Å²) in [7, 11) is 1.57. The molecule has 1 N–H and O–H groups in total. The molecule has 3 rings (SSSR count). The maximum atomic E-state index is 9.63. The van der Waals surface area contributed by atoms with Crippen LogP contribution >= 0.6 is 0 Å². The van der Waals surface area contributed by atoms with Crippen molar-refractivity contribution in [1.29, 1.82) is 0 Å². The van der Waals surface area contributed by atoms with Crippen LogP contribution in [0, 0.1) is 0 Å². The van der Waals surface area contributed by atoms with Crippen LogP contribution in [-0.4, -0.2) is 48.2 Å². The molecule has 86 valence electrons. The number of ether oxygens (including phenoxy) is 4. The molecule has 0 aromatic carbocycles. The molecule has 1 aliphatic carbocycles. The van der Waals surface area contributed by atoms with E-state index in [1.165, 1.54) is 0 Å². The number of hydrogen-bond acceptors (Lipinski definition) is 5. The summed E-state index contributed by atoms with van der Waals surface area (Å²) >= 11 is 0. The first-order valence-electron chi connectivity index (χ1n) is 5.23. The zero-order valence-corrected chi connectivity index (χ0v) is 9.10. The molecule has 2 saturated heterocycles. The number of aliphatic hydroxyl groups excluding tert-OH is 1. The lowest BCUT2D eigenvalue weighted by atomic mass is 10.1. The van der Waals surface area contributed by atoms with Crippen molar-refractivity contribution in [3.8, 4) is 0 Å². The third-order valence-electron chi connectivity index (χ3n) is 3.36. The Kier molecular flexibility index (Phi) is 1.81. The minimum absolute atomic E-state index is 0.215. The molecule has 0 radical (unpaired) electrons. The molecule has 2 aliphatic heterocycles. The standard InChI is InChI=1S/C10H16O5/c1-9(2)13-6-7(14-9)10(4-5(10)11)15-8(6)12-3/h5-8,11H,4H2,1-3H3/t5-,6+,7?,8-,10-/m1/s1. The fourth-order valence-electron chi connectivity index (χ4n) is 2.57. The molecule has 5 atom stereocenters. The van der Waals surface area contributed by atoms with Gasteiger partial charge in [0.25, 0.3) is 0 Å². The summed E-state index contributed by atoms with van der Waals surface area (Å²) in [6, 6.07) is 0. The van der Waals surface area contributed by atoms with Crippen molar-refractivity contribution in [3.63, 3.8) is 0 Å². The summed E-state index contributed by atoms with van der Waals surface area (Å²) in [5.74, 6) is -0.620. The molecule has 1 spiro atoms. The predicted molar refractivity (Wildman–Crippen MR) is 49.1 cm³/mol. The Morgan fingerprint density at radius 2 is 1.93 bits per heavy atom. The fraction of sp³-hybridized carbons (Fsp3) is 1.00. The van der Waals surface area contributed by atoms with Crippen molar-refractivity contribution in [2.75, 3.05) is 7.11 Å². The average Bonchev–Trinajstić information content (AvgIpc) is 2.53. The van der Waals surface area contributed by atoms with Crippen LogP contribution in [0.3, 0.4) is 0 Å². The molecule has 0 aromatic heterocycles. The summed E-state index contributed by atoms with van der Waals surface area (Å²) in [5, 5.41) is 9.63. The highest BCUT2D eigenvalue weighted by atomic mass is 16.8. The summed E-state index contributed by atoms with van der Waals surface area (Å²) in [4.78, 5) is 0. The van der Waals surface area contributed by atoms with E-state index in [1.54, 1.807) is 7.11 Å². The highest BCUT2D eigenvalue weighted by Gasteiger charge is 2.73. The van der Waals surface area contributed by atoms with Crippen LogP contribution in [0.25, 0.3) is 0 Å². The molecule has 0 bridgehead atoms. The van der Waals surface area contributed by atoms with Gasteiger partial charge in [-0.2, -0.15) is 0 Å². The number of rotatable bonds is 1. The molecule has 5 nitrogen and oxygen atoms in total. The van der Waals surface area contributed by atoms with Gasteiger partial charge in [0.15, 0.2) is 12.1 Å². The van der Waals surface area contributed by atoms with Gasteiger partial charge in [-0.25, -0.2) is 0 Å². The Balaban J connectivity index is 1.88. The lowest BCUT2D eigenvalue weighted by Crippen LogP contribution is -2.34. The lowest BCUT2D eigenvalue weighted by Gasteiger charge is -2.23. The van der Waals surface area contributed by atoms with Crippen LogP contribution in [0.1, 0.15) is 20.3 Å². The minimum atomic E-state index is -0.620. The highest BCUT2D eigenvalue weighted by molar-refractivity contribution is 5.19. The zero-order chi connectivity index (χ0) is 10.8. The van der Waals surface area contributed by atoms with E-state index in [0.29, 0.717) is 6.42 Å². The van der Waals surface area contributed by atoms with Crippen LogP contribution in [0.5, 0.6) is 0 Å². The minimum Gasteiger partial charge on any atom is -0.390 e. The molecule has 1 unspecified atom stereocenters. The van der Waals surface area contributed by atoms with E-state index < -0.39 is 23.8 Å². The van der Waals surface area contributed by atoms with Gasteiger partial charge in [-0.05, 0) is 13.8 Å². The third kappa shape index (κ3) is 1.21. The summed E-state index contributed by atoms with van der Waals surface area (Å²) in [6.45, 7) is 3.72. The Hall–Kier alpha value is -0.200. The predicted octanol–water partition coefficient (Wildman–Crippen LogP) is 0.0126. The fourth-order valence-corrected chi connectivity index (χ4v) is 2.57. The number of aliphatic hydroxyl groups is 1. The lowest BCUT2D eigenvalue weighted by molar-refractivity contribution is -0.236. The molecule has 1 saturated carbocycles. The van der Waals surface area contributed by atoms with E-state index >= 15 is 0 Å². The van der Waals surface area contributed by atoms with Crippen molar-refractivity contribution in [3.05, 3.63) is 0 Å². The Labute approximate surface area is 88.3 Å². The first-order valence-corrected chi connectivity index (χ1v) is 5.23. The first-order chi connectivity index (χ1) is 6.98. The monoisotopic (exact) mass is 216 g/mol. The van der Waals surface area contributed by atoms with Crippen LogP contribution in [0.4, 0.5) is 0 Å². The molecular weight excluding hydrogens is 200 g/mol. The van der Waals surface area contributed by atoms with Crippen molar-refractivity contribution >= 4 is 0 Å².